The molecule has 0 aromatic heterocycles. The van der Waals surface area contributed by atoms with Gasteiger partial charge in [0.25, 0.3) is 0 Å². The maximum absolute atomic E-state index is 11.5. The minimum Gasteiger partial charge on any atom is -0.375 e. The van der Waals surface area contributed by atoms with Crippen molar-refractivity contribution in [3.8, 4) is 0 Å². The molecule has 1 rings (SSSR count). The third kappa shape index (κ3) is 4.44. The summed E-state index contributed by atoms with van der Waals surface area (Å²) >= 11 is 0. The molecule has 0 unspecified atom stereocenters. The summed E-state index contributed by atoms with van der Waals surface area (Å²) in [6.07, 6.45) is 1.02. The van der Waals surface area contributed by atoms with E-state index in [9.17, 15) is 9.59 Å². The van der Waals surface area contributed by atoms with Gasteiger partial charge in [-0.05, 0) is 13.3 Å². The number of carbonyl (C=O) groups excluding carboxylic acids is 2. The fourth-order valence-electron chi connectivity index (χ4n) is 1.43. The van der Waals surface area contributed by atoms with Crippen LogP contribution in [0.4, 0.5) is 0 Å². The molecule has 0 bridgehead atoms. The molecule has 0 radical (unpaired) electrons. The molecule has 0 spiro atoms. The highest BCUT2D eigenvalue weighted by Crippen LogP contribution is 2.05. The highest BCUT2D eigenvalue weighted by molar-refractivity contribution is 5.90. The molecule has 5 nitrogen and oxygen atoms in total. The Labute approximate surface area is 95.2 Å². The molecule has 1 aliphatic rings. The first kappa shape index (κ1) is 12.7. The summed E-state index contributed by atoms with van der Waals surface area (Å²) in [4.78, 5) is 22.4. The van der Waals surface area contributed by atoms with Crippen LogP contribution in [0.3, 0.4) is 0 Å². The lowest BCUT2D eigenvalue weighted by molar-refractivity contribution is -0.125. The minimum absolute atomic E-state index is 0.0568. The average Bonchev–Trinajstić information content (AvgIpc) is 2.63. The van der Waals surface area contributed by atoms with E-state index >= 15 is 0 Å². The molecule has 16 heavy (non-hydrogen) atoms. The first-order chi connectivity index (χ1) is 7.59. The number of amides is 2. The van der Waals surface area contributed by atoms with Crippen LogP contribution in [0.5, 0.6) is 0 Å². The predicted molar refractivity (Wildman–Crippen MR) is 59.8 cm³/mol. The normalized spacial score (nSPS) is 19.3. The van der Waals surface area contributed by atoms with Crippen LogP contribution in [0.1, 0.15) is 19.8 Å². The van der Waals surface area contributed by atoms with Crippen LogP contribution in [0.15, 0.2) is 12.2 Å². The van der Waals surface area contributed by atoms with Gasteiger partial charge in [-0.1, -0.05) is 12.2 Å². The molecule has 2 N–H and O–H groups in total. The van der Waals surface area contributed by atoms with E-state index in [1.165, 1.54) is 0 Å². The van der Waals surface area contributed by atoms with Crippen molar-refractivity contribution < 1.29 is 14.3 Å². The van der Waals surface area contributed by atoms with Gasteiger partial charge in [0.05, 0.1) is 13.2 Å². The molecule has 90 valence electrons. The van der Waals surface area contributed by atoms with Crippen molar-refractivity contribution in [2.24, 2.45) is 0 Å². The van der Waals surface area contributed by atoms with Gasteiger partial charge in [0.2, 0.25) is 11.8 Å². The number of hydrogen-bond acceptors (Lipinski definition) is 3. The number of carbonyl (C=O) groups is 2. The summed E-state index contributed by atoms with van der Waals surface area (Å²) in [5.74, 6) is -0.191. The van der Waals surface area contributed by atoms with Crippen LogP contribution in [-0.4, -0.2) is 37.6 Å². The Bertz CT molecular complexity index is 289. The average molecular weight is 226 g/mol. The SMILES string of the molecule is C=C(C)COCCNC(=O)[C@@H]1CCC(=O)N1. The van der Waals surface area contributed by atoms with Crippen LogP contribution < -0.4 is 10.6 Å². The molecule has 0 aliphatic carbocycles. The Hall–Kier alpha value is -1.36. The van der Waals surface area contributed by atoms with Gasteiger partial charge in [0, 0.05) is 13.0 Å². The van der Waals surface area contributed by atoms with Crippen LogP contribution in [0, 0.1) is 0 Å². The largest absolute Gasteiger partial charge is 0.375 e. The standard InChI is InChI=1S/C11H18N2O3/c1-8(2)7-16-6-5-12-11(15)9-3-4-10(14)13-9/h9H,1,3-7H2,2H3,(H,12,15)(H,13,14)/t9-/m0/s1. The molecule has 1 heterocycles. The molecule has 0 saturated carbocycles. The molecular formula is C11H18N2O3. The van der Waals surface area contributed by atoms with Gasteiger partial charge in [-0.15, -0.1) is 0 Å². The number of ether oxygens (including phenoxy) is 1. The summed E-state index contributed by atoms with van der Waals surface area (Å²) in [7, 11) is 0. The minimum atomic E-state index is -0.367. The molecule has 1 atom stereocenters. The Morgan fingerprint density at radius 3 is 3.00 bits per heavy atom. The molecule has 1 fully saturated rings. The Morgan fingerprint density at radius 1 is 1.69 bits per heavy atom. The summed E-state index contributed by atoms with van der Waals surface area (Å²) in [5, 5.41) is 5.32. The van der Waals surface area contributed by atoms with Gasteiger partial charge in [-0.25, -0.2) is 0 Å². The van der Waals surface area contributed by atoms with Gasteiger partial charge in [0.15, 0.2) is 0 Å². The van der Waals surface area contributed by atoms with E-state index in [2.05, 4.69) is 17.2 Å². The second-order valence-corrected chi connectivity index (χ2v) is 3.96. The van der Waals surface area contributed by atoms with E-state index in [0.717, 1.165) is 5.57 Å². The molecule has 5 heteroatoms. The van der Waals surface area contributed by atoms with Crippen molar-refractivity contribution in [1.29, 1.82) is 0 Å². The molecule has 1 saturated heterocycles. The van der Waals surface area contributed by atoms with Crippen LogP contribution in [0.2, 0.25) is 0 Å². The lowest BCUT2D eigenvalue weighted by Gasteiger charge is -2.10. The molecule has 0 aromatic carbocycles. The van der Waals surface area contributed by atoms with E-state index in [0.29, 0.717) is 32.6 Å². The van der Waals surface area contributed by atoms with Gasteiger partial charge >= 0.3 is 0 Å². The zero-order chi connectivity index (χ0) is 12.0. The zero-order valence-electron chi connectivity index (χ0n) is 9.54. The van der Waals surface area contributed by atoms with Crippen LogP contribution in [0.25, 0.3) is 0 Å². The zero-order valence-corrected chi connectivity index (χ0v) is 9.54. The fraction of sp³-hybridized carbons (Fsp3) is 0.636. The molecular weight excluding hydrogens is 208 g/mol. The number of hydrogen-bond donors (Lipinski definition) is 2. The monoisotopic (exact) mass is 226 g/mol. The van der Waals surface area contributed by atoms with Crippen molar-refractivity contribution in [1.82, 2.24) is 10.6 Å². The van der Waals surface area contributed by atoms with E-state index in [1.54, 1.807) is 0 Å². The third-order valence-electron chi connectivity index (χ3n) is 2.21. The van der Waals surface area contributed by atoms with Crippen LogP contribution in [-0.2, 0) is 14.3 Å². The van der Waals surface area contributed by atoms with Crippen molar-refractivity contribution >= 4 is 11.8 Å². The summed E-state index contributed by atoms with van der Waals surface area (Å²) < 4.78 is 5.23. The molecule has 1 aliphatic heterocycles. The predicted octanol–water partition coefficient (Wildman–Crippen LogP) is -0.0261. The van der Waals surface area contributed by atoms with E-state index in [1.807, 2.05) is 6.92 Å². The third-order valence-corrected chi connectivity index (χ3v) is 2.21. The highest BCUT2D eigenvalue weighted by Gasteiger charge is 2.26. The number of nitrogens with one attached hydrogen (secondary N) is 2. The Kier molecular flexibility index (Phi) is 4.98. The Morgan fingerprint density at radius 2 is 2.44 bits per heavy atom. The van der Waals surface area contributed by atoms with Gasteiger partial charge < -0.3 is 15.4 Å². The molecule has 2 amide bonds. The van der Waals surface area contributed by atoms with Crippen molar-refractivity contribution in [3.05, 3.63) is 12.2 Å². The quantitative estimate of drug-likeness (QED) is 0.494. The first-order valence-electron chi connectivity index (χ1n) is 5.39. The van der Waals surface area contributed by atoms with E-state index < -0.39 is 0 Å². The highest BCUT2D eigenvalue weighted by atomic mass is 16.5. The van der Waals surface area contributed by atoms with E-state index in [-0.39, 0.29) is 17.9 Å². The fourth-order valence-corrected chi connectivity index (χ4v) is 1.43. The van der Waals surface area contributed by atoms with Crippen molar-refractivity contribution in [2.45, 2.75) is 25.8 Å². The summed E-state index contributed by atoms with van der Waals surface area (Å²) in [5.41, 5.74) is 0.953. The van der Waals surface area contributed by atoms with Gasteiger partial charge in [-0.3, -0.25) is 9.59 Å². The smallest absolute Gasteiger partial charge is 0.242 e. The second kappa shape index (κ2) is 6.27. The van der Waals surface area contributed by atoms with E-state index in [4.69, 9.17) is 4.74 Å². The Balaban J connectivity index is 2.06. The lowest BCUT2D eigenvalue weighted by atomic mass is 10.2. The van der Waals surface area contributed by atoms with Crippen LogP contribution >= 0.6 is 0 Å². The summed E-state index contributed by atoms with van der Waals surface area (Å²) in [6.45, 7) is 7.01. The maximum atomic E-state index is 11.5. The van der Waals surface area contributed by atoms with Crippen molar-refractivity contribution in [2.75, 3.05) is 19.8 Å². The first-order valence-corrected chi connectivity index (χ1v) is 5.39. The second-order valence-electron chi connectivity index (χ2n) is 3.96. The molecule has 0 aromatic rings. The topological polar surface area (TPSA) is 67.4 Å². The van der Waals surface area contributed by atoms with Gasteiger partial charge in [-0.2, -0.15) is 0 Å². The maximum Gasteiger partial charge on any atom is 0.242 e. The number of rotatable bonds is 6. The van der Waals surface area contributed by atoms with Crippen molar-refractivity contribution in [3.63, 3.8) is 0 Å². The lowest BCUT2D eigenvalue weighted by Crippen LogP contribution is -2.42. The van der Waals surface area contributed by atoms with Gasteiger partial charge in [0.1, 0.15) is 6.04 Å². The summed E-state index contributed by atoms with van der Waals surface area (Å²) in [6, 6.07) is -0.367.